The Morgan fingerprint density at radius 3 is 3.00 bits per heavy atom. The third-order valence-electron chi connectivity index (χ3n) is 5.13. The number of hydrogen-bond donors (Lipinski definition) is 0. The number of thiazole rings is 1. The Balaban J connectivity index is 1.46. The highest BCUT2D eigenvalue weighted by Crippen LogP contribution is 2.44. The van der Waals surface area contributed by atoms with Crippen LogP contribution in [0.5, 0.6) is 0 Å². The van der Waals surface area contributed by atoms with Crippen molar-refractivity contribution in [3.05, 3.63) is 28.7 Å². The lowest BCUT2D eigenvalue weighted by Crippen LogP contribution is -2.43. The maximum Gasteiger partial charge on any atom is 0.226 e. The summed E-state index contributed by atoms with van der Waals surface area (Å²) in [5, 5.41) is 3.24. The van der Waals surface area contributed by atoms with Crippen LogP contribution in [0.3, 0.4) is 0 Å². The molecule has 2 aliphatic carbocycles. The summed E-state index contributed by atoms with van der Waals surface area (Å²) in [6.45, 7) is 1.82. The number of fused-ring (bicyclic) bond motifs is 2. The molecule has 1 aromatic rings. The van der Waals surface area contributed by atoms with Gasteiger partial charge in [-0.3, -0.25) is 4.79 Å². The van der Waals surface area contributed by atoms with Crippen LogP contribution in [0.4, 0.5) is 0 Å². The Morgan fingerprint density at radius 1 is 1.35 bits per heavy atom. The highest BCUT2D eigenvalue weighted by molar-refractivity contribution is 7.09. The molecule has 0 radical (unpaired) electrons. The second-order valence-corrected chi connectivity index (χ2v) is 7.31. The Bertz CT molecular complexity index is 525. The van der Waals surface area contributed by atoms with Gasteiger partial charge in [-0.1, -0.05) is 12.2 Å². The van der Waals surface area contributed by atoms with Crippen molar-refractivity contribution in [2.24, 2.45) is 17.8 Å². The van der Waals surface area contributed by atoms with E-state index in [0.717, 1.165) is 25.9 Å². The summed E-state index contributed by atoms with van der Waals surface area (Å²) < 4.78 is 0. The molecule has 20 heavy (non-hydrogen) atoms. The van der Waals surface area contributed by atoms with E-state index >= 15 is 0 Å². The molecule has 0 unspecified atom stereocenters. The summed E-state index contributed by atoms with van der Waals surface area (Å²) in [5.41, 5.74) is 0. The molecular weight excluding hydrogens is 268 g/mol. The fourth-order valence-electron chi connectivity index (χ4n) is 4.11. The van der Waals surface area contributed by atoms with Crippen molar-refractivity contribution in [1.29, 1.82) is 0 Å². The summed E-state index contributed by atoms with van der Waals surface area (Å²) in [5.74, 6) is 2.33. The van der Waals surface area contributed by atoms with Crippen LogP contribution in [-0.4, -0.2) is 28.9 Å². The first kappa shape index (κ1) is 12.6. The van der Waals surface area contributed by atoms with Crippen molar-refractivity contribution in [2.75, 3.05) is 13.1 Å². The third-order valence-corrected chi connectivity index (χ3v) is 6.07. The number of carbonyl (C=O) groups excluding carboxylic acids is 1. The molecule has 0 N–H and O–H groups in total. The minimum atomic E-state index is 0.264. The molecule has 3 aliphatic rings. The van der Waals surface area contributed by atoms with Crippen molar-refractivity contribution in [3.63, 3.8) is 0 Å². The number of allylic oxidation sites excluding steroid dienone is 2. The molecule has 2 fully saturated rings. The number of likely N-dealkylation sites (tertiary alicyclic amines) is 1. The zero-order valence-electron chi connectivity index (χ0n) is 11.6. The van der Waals surface area contributed by atoms with Crippen LogP contribution >= 0.6 is 11.3 Å². The van der Waals surface area contributed by atoms with Crippen LogP contribution in [0.25, 0.3) is 0 Å². The smallest absolute Gasteiger partial charge is 0.226 e. The van der Waals surface area contributed by atoms with E-state index in [9.17, 15) is 4.79 Å². The predicted molar refractivity (Wildman–Crippen MR) is 79.5 cm³/mol. The molecule has 0 spiro atoms. The molecule has 0 aromatic carbocycles. The summed E-state index contributed by atoms with van der Waals surface area (Å²) in [6.07, 6.45) is 11.0. The molecule has 4 atom stereocenters. The lowest BCUT2D eigenvalue weighted by Gasteiger charge is -2.34. The number of aromatic nitrogens is 1. The fraction of sp³-hybridized carbons (Fsp3) is 0.625. The first-order chi connectivity index (χ1) is 9.81. The number of carbonyl (C=O) groups is 1. The zero-order chi connectivity index (χ0) is 13.5. The Kier molecular flexibility index (Phi) is 3.14. The average Bonchev–Trinajstić information content (AvgIpc) is 3.23. The van der Waals surface area contributed by atoms with E-state index in [0.29, 0.717) is 23.7 Å². The highest BCUT2D eigenvalue weighted by atomic mass is 32.1. The quantitative estimate of drug-likeness (QED) is 0.784. The number of amides is 1. The molecule has 2 heterocycles. The van der Waals surface area contributed by atoms with Gasteiger partial charge in [0, 0.05) is 36.5 Å². The first-order valence-corrected chi connectivity index (χ1v) is 8.55. The van der Waals surface area contributed by atoms with Crippen molar-refractivity contribution in [1.82, 2.24) is 9.88 Å². The van der Waals surface area contributed by atoms with E-state index in [4.69, 9.17) is 0 Å². The molecule has 1 saturated heterocycles. The van der Waals surface area contributed by atoms with Crippen molar-refractivity contribution in [2.45, 2.75) is 31.6 Å². The van der Waals surface area contributed by atoms with Gasteiger partial charge in [-0.2, -0.15) is 0 Å². The van der Waals surface area contributed by atoms with E-state index in [1.54, 1.807) is 11.3 Å². The van der Waals surface area contributed by atoms with Crippen molar-refractivity contribution >= 4 is 17.2 Å². The Labute approximate surface area is 123 Å². The topological polar surface area (TPSA) is 33.2 Å². The van der Waals surface area contributed by atoms with Gasteiger partial charge in [0.15, 0.2) is 0 Å². The van der Waals surface area contributed by atoms with Crippen LogP contribution in [0.1, 0.15) is 36.6 Å². The molecule has 4 rings (SSSR count). The summed E-state index contributed by atoms with van der Waals surface area (Å²) >= 11 is 1.73. The van der Waals surface area contributed by atoms with Crippen LogP contribution in [0, 0.1) is 17.8 Å². The van der Waals surface area contributed by atoms with E-state index in [1.165, 1.54) is 17.8 Å². The second kappa shape index (κ2) is 4.99. The first-order valence-electron chi connectivity index (χ1n) is 7.68. The van der Waals surface area contributed by atoms with Gasteiger partial charge >= 0.3 is 0 Å². The van der Waals surface area contributed by atoms with E-state index in [-0.39, 0.29) is 5.92 Å². The third kappa shape index (κ3) is 2.10. The largest absolute Gasteiger partial charge is 0.342 e. The molecule has 2 bridgehead atoms. The summed E-state index contributed by atoms with van der Waals surface area (Å²) in [6, 6.07) is 0. The normalized spacial score (nSPS) is 35.7. The van der Waals surface area contributed by atoms with Gasteiger partial charge in [0.1, 0.15) is 0 Å². The van der Waals surface area contributed by atoms with Gasteiger partial charge in [-0.05, 0) is 37.5 Å². The summed E-state index contributed by atoms with van der Waals surface area (Å²) in [4.78, 5) is 19.3. The molecule has 1 aliphatic heterocycles. The SMILES string of the molecule is O=C([C@@H]1C[C@H]2C=C[C@H]1C2)N1CCC[C@@H](c2nccs2)C1. The lowest BCUT2D eigenvalue weighted by atomic mass is 9.90. The monoisotopic (exact) mass is 288 g/mol. The molecule has 4 heteroatoms. The van der Waals surface area contributed by atoms with Crippen molar-refractivity contribution in [3.8, 4) is 0 Å². The number of rotatable bonds is 2. The highest BCUT2D eigenvalue weighted by Gasteiger charge is 2.42. The van der Waals surface area contributed by atoms with E-state index in [2.05, 4.69) is 22.0 Å². The van der Waals surface area contributed by atoms with Crippen LogP contribution in [0.15, 0.2) is 23.7 Å². The van der Waals surface area contributed by atoms with Crippen LogP contribution < -0.4 is 0 Å². The Hall–Kier alpha value is -1.16. The average molecular weight is 288 g/mol. The van der Waals surface area contributed by atoms with Crippen LogP contribution in [-0.2, 0) is 4.79 Å². The van der Waals surface area contributed by atoms with Crippen LogP contribution in [0.2, 0.25) is 0 Å². The summed E-state index contributed by atoms with van der Waals surface area (Å²) in [7, 11) is 0. The number of piperidine rings is 1. The van der Waals surface area contributed by atoms with Gasteiger partial charge < -0.3 is 4.90 Å². The van der Waals surface area contributed by atoms with Gasteiger partial charge in [0.25, 0.3) is 0 Å². The molecule has 1 amide bonds. The lowest BCUT2D eigenvalue weighted by molar-refractivity contribution is -0.137. The molecule has 3 nitrogen and oxygen atoms in total. The fourth-order valence-corrected chi connectivity index (χ4v) is 4.88. The van der Waals surface area contributed by atoms with Gasteiger partial charge in [0.05, 0.1) is 5.01 Å². The number of hydrogen-bond acceptors (Lipinski definition) is 3. The Morgan fingerprint density at radius 2 is 2.30 bits per heavy atom. The molecule has 106 valence electrons. The van der Waals surface area contributed by atoms with Gasteiger partial charge in [0.2, 0.25) is 5.91 Å². The molecule has 1 aromatic heterocycles. The predicted octanol–water partition coefficient (Wildman–Crippen LogP) is 3.06. The number of nitrogens with zero attached hydrogens (tertiary/aromatic N) is 2. The second-order valence-electron chi connectivity index (χ2n) is 6.38. The van der Waals surface area contributed by atoms with E-state index in [1.807, 2.05) is 11.6 Å². The maximum absolute atomic E-state index is 12.8. The maximum atomic E-state index is 12.8. The van der Waals surface area contributed by atoms with Gasteiger partial charge in [-0.15, -0.1) is 11.3 Å². The minimum absolute atomic E-state index is 0.264. The standard InChI is InChI=1S/C16H20N2OS/c19-16(14-9-11-3-4-12(14)8-11)18-6-1-2-13(10-18)15-17-5-7-20-15/h3-5,7,11-14H,1-2,6,8-10H2/t11-,12-,13+,14+/m0/s1. The van der Waals surface area contributed by atoms with Gasteiger partial charge in [-0.25, -0.2) is 4.98 Å². The van der Waals surface area contributed by atoms with Crippen molar-refractivity contribution < 1.29 is 4.79 Å². The zero-order valence-corrected chi connectivity index (χ0v) is 12.4. The molecular formula is C16H20N2OS. The van der Waals surface area contributed by atoms with E-state index < -0.39 is 0 Å². The molecule has 1 saturated carbocycles. The minimum Gasteiger partial charge on any atom is -0.342 e.